The summed E-state index contributed by atoms with van der Waals surface area (Å²) in [5.41, 5.74) is -0.138. The van der Waals surface area contributed by atoms with Crippen molar-refractivity contribution in [1.82, 2.24) is 10.3 Å². The minimum atomic E-state index is -4.97. The molecule has 1 aliphatic carbocycles. The lowest BCUT2D eigenvalue weighted by Crippen LogP contribution is -2.49. The maximum absolute atomic E-state index is 14.1. The molecule has 7 nitrogen and oxygen atoms in total. The third kappa shape index (κ3) is 9.58. The van der Waals surface area contributed by atoms with E-state index in [2.05, 4.69) is 10.3 Å². The molecule has 0 spiro atoms. The van der Waals surface area contributed by atoms with E-state index in [1.54, 1.807) is 6.92 Å². The Balaban J connectivity index is 1.89. The van der Waals surface area contributed by atoms with Crippen molar-refractivity contribution in [3.05, 3.63) is 65.7 Å². The summed E-state index contributed by atoms with van der Waals surface area (Å²) in [5.74, 6) is -5.58. The third-order valence-electron chi connectivity index (χ3n) is 6.72. The Kier molecular flexibility index (Phi) is 10.7. The smallest absolute Gasteiger partial charge is 0.298 e. The number of Topliss-reactive ketones (excluding diaryl/α,β-unsaturated/α-hetero) is 3. The Morgan fingerprint density at radius 2 is 1.77 bits per heavy atom. The summed E-state index contributed by atoms with van der Waals surface area (Å²) in [6.45, 7) is 1.73. The van der Waals surface area contributed by atoms with E-state index in [-0.39, 0.29) is 24.3 Å². The maximum atomic E-state index is 14.1. The third-order valence-corrected chi connectivity index (χ3v) is 8.33. The minimum Gasteiger partial charge on any atom is -0.298 e. The van der Waals surface area contributed by atoms with Gasteiger partial charge in [-0.3, -0.25) is 24.7 Å². The second-order valence-corrected chi connectivity index (χ2v) is 12.4. The fraction of sp³-hybridized carbons (Fsp3) is 0.500. The van der Waals surface area contributed by atoms with E-state index in [0.717, 1.165) is 37.1 Å². The number of hydrogen-bond acceptors (Lipinski definition) is 7. The van der Waals surface area contributed by atoms with Crippen LogP contribution < -0.4 is 5.32 Å². The Hall–Kier alpha value is -2.99. The lowest BCUT2D eigenvalue weighted by Gasteiger charge is -2.28. The number of nitrogens with one attached hydrogen (secondary N) is 1. The standard InChI is InChI=1S/C28H32F4N2O5S/c1-2-4-21(26(37)25(36)13-18-6-7-18)14-24(35)23(17-40(38,39)16-19-5-3-12-33-15-19)34-27(28(30,31)32)20-8-10-22(29)11-9-20/h3,5,8-12,15,18,21,23,27,34H,2,4,6-7,13-14,16-17H2,1H3/t21-,23+,27+/m1/s1. The summed E-state index contributed by atoms with van der Waals surface area (Å²) in [7, 11) is -4.15. The predicted octanol–water partition coefficient (Wildman–Crippen LogP) is 4.71. The summed E-state index contributed by atoms with van der Waals surface area (Å²) in [6, 6.07) is 2.07. The molecule has 12 heteroatoms. The molecule has 1 fully saturated rings. The normalized spacial score (nSPS) is 16.2. The van der Waals surface area contributed by atoms with Crippen LogP contribution in [0.15, 0.2) is 48.8 Å². The molecule has 0 bridgehead atoms. The van der Waals surface area contributed by atoms with Crippen molar-refractivity contribution in [2.45, 2.75) is 69.5 Å². The second-order valence-electron chi connectivity index (χ2n) is 10.3. The average Bonchev–Trinajstić information content (AvgIpc) is 3.70. The molecule has 1 heterocycles. The van der Waals surface area contributed by atoms with Crippen LogP contribution in [0, 0.1) is 17.7 Å². The average molecular weight is 585 g/mol. The first-order chi connectivity index (χ1) is 18.8. The van der Waals surface area contributed by atoms with Crippen LogP contribution in [0.2, 0.25) is 0 Å². The number of rotatable bonds is 16. The Bertz CT molecular complexity index is 1280. The van der Waals surface area contributed by atoms with Crippen molar-refractivity contribution in [3.63, 3.8) is 0 Å². The van der Waals surface area contributed by atoms with Crippen molar-refractivity contribution in [3.8, 4) is 0 Å². The van der Waals surface area contributed by atoms with E-state index >= 15 is 0 Å². The molecule has 1 aromatic carbocycles. The number of carbonyl (C=O) groups excluding carboxylic acids is 3. The summed E-state index contributed by atoms with van der Waals surface area (Å²) in [5, 5.41) is 2.14. The maximum Gasteiger partial charge on any atom is 0.407 e. The number of pyridine rings is 1. The number of benzene rings is 1. The van der Waals surface area contributed by atoms with Gasteiger partial charge >= 0.3 is 6.18 Å². The van der Waals surface area contributed by atoms with Crippen LogP contribution in [0.4, 0.5) is 17.6 Å². The van der Waals surface area contributed by atoms with Crippen LogP contribution in [0.3, 0.4) is 0 Å². The molecule has 3 rings (SSSR count). The molecule has 40 heavy (non-hydrogen) atoms. The van der Waals surface area contributed by atoms with Gasteiger partial charge < -0.3 is 0 Å². The molecule has 0 radical (unpaired) electrons. The van der Waals surface area contributed by atoms with E-state index in [1.807, 2.05) is 0 Å². The van der Waals surface area contributed by atoms with E-state index in [4.69, 9.17) is 0 Å². The van der Waals surface area contributed by atoms with E-state index in [0.29, 0.717) is 6.42 Å². The molecule has 1 aromatic heterocycles. The van der Waals surface area contributed by atoms with Crippen LogP contribution in [0.1, 0.15) is 62.6 Å². The molecular weight excluding hydrogens is 552 g/mol. The van der Waals surface area contributed by atoms with Crippen molar-refractivity contribution < 1.29 is 40.4 Å². The Labute approximate surface area is 230 Å². The largest absolute Gasteiger partial charge is 0.407 e. The molecule has 0 saturated heterocycles. The molecular formula is C28H32F4N2O5S. The molecule has 1 N–H and O–H groups in total. The van der Waals surface area contributed by atoms with Gasteiger partial charge in [-0.15, -0.1) is 0 Å². The first kappa shape index (κ1) is 31.5. The van der Waals surface area contributed by atoms with Crippen molar-refractivity contribution >= 4 is 27.2 Å². The fourth-order valence-electron chi connectivity index (χ4n) is 4.49. The van der Waals surface area contributed by atoms with Crippen LogP contribution in [0.5, 0.6) is 0 Å². The van der Waals surface area contributed by atoms with Crippen LogP contribution in [0.25, 0.3) is 0 Å². The van der Waals surface area contributed by atoms with Crippen molar-refractivity contribution in [1.29, 1.82) is 0 Å². The van der Waals surface area contributed by atoms with Gasteiger partial charge in [0, 0.05) is 31.2 Å². The van der Waals surface area contributed by atoms with Gasteiger partial charge in [0.2, 0.25) is 5.78 Å². The summed E-state index contributed by atoms with van der Waals surface area (Å²) in [4.78, 5) is 42.6. The zero-order valence-electron chi connectivity index (χ0n) is 22.0. The van der Waals surface area contributed by atoms with Gasteiger partial charge in [0.15, 0.2) is 21.4 Å². The fourth-order valence-corrected chi connectivity index (χ4v) is 6.08. The SMILES string of the molecule is CCC[C@H](CC(=O)[C@H](CS(=O)(=O)Cc1cccnc1)N[C@@H](c1ccc(F)cc1)C(F)(F)F)C(=O)C(=O)CC1CC1. The minimum absolute atomic E-state index is 0.0646. The van der Waals surface area contributed by atoms with Gasteiger partial charge in [0.1, 0.15) is 11.9 Å². The molecule has 0 amide bonds. The van der Waals surface area contributed by atoms with E-state index in [9.17, 15) is 40.4 Å². The zero-order chi connectivity index (χ0) is 29.5. The van der Waals surface area contributed by atoms with Gasteiger partial charge in [-0.05, 0) is 54.5 Å². The molecule has 3 atom stereocenters. The predicted molar refractivity (Wildman–Crippen MR) is 139 cm³/mol. The quantitative estimate of drug-likeness (QED) is 0.225. The topological polar surface area (TPSA) is 110 Å². The molecule has 1 aliphatic rings. The molecule has 218 valence electrons. The number of nitrogens with zero attached hydrogens (tertiary/aromatic N) is 1. The number of aromatic nitrogens is 1. The van der Waals surface area contributed by atoms with Crippen LogP contribution in [-0.4, -0.2) is 48.7 Å². The molecule has 1 saturated carbocycles. The Morgan fingerprint density at radius 1 is 1.10 bits per heavy atom. The van der Waals surface area contributed by atoms with Gasteiger partial charge in [-0.2, -0.15) is 13.2 Å². The highest BCUT2D eigenvalue weighted by molar-refractivity contribution is 7.90. The van der Waals surface area contributed by atoms with E-state index < -0.39 is 80.7 Å². The summed E-state index contributed by atoms with van der Waals surface area (Å²) >= 11 is 0. The number of halogens is 4. The Morgan fingerprint density at radius 3 is 2.33 bits per heavy atom. The van der Waals surface area contributed by atoms with Gasteiger partial charge in [-0.25, -0.2) is 12.8 Å². The van der Waals surface area contributed by atoms with Gasteiger partial charge in [0.25, 0.3) is 0 Å². The molecule has 2 aromatic rings. The van der Waals surface area contributed by atoms with Gasteiger partial charge in [0.05, 0.1) is 17.5 Å². The lowest BCUT2D eigenvalue weighted by molar-refractivity contribution is -0.160. The number of carbonyl (C=O) groups is 3. The zero-order valence-corrected chi connectivity index (χ0v) is 22.8. The monoisotopic (exact) mass is 584 g/mol. The first-order valence-corrected chi connectivity index (χ1v) is 14.9. The van der Waals surface area contributed by atoms with Crippen molar-refractivity contribution in [2.75, 3.05) is 5.75 Å². The number of sulfone groups is 1. The number of ketones is 3. The molecule has 0 unspecified atom stereocenters. The van der Waals surface area contributed by atoms with E-state index in [1.165, 1.54) is 24.5 Å². The summed E-state index contributed by atoms with van der Waals surface area (Å²) < 4.78 is 81.9. The van der Waals surface area contributed by atoms with Gasteiger partial charge in [-0.1, -0.05) is 31.5 Å². The second kappa shape index (κ2) is 13.6. The number of hydrogen-bond donors (Lipinski definition) is 1. The highest BCUT2D eigenvalue weighted by atomic mass is 32.2. The lowest BCUT2D eigenvalue weighted by atomic mass is 9.88. The molecule has 0 aliphatic heterocycles. The van der Waals surface area contributed by atoms with Crippen molar-refractivity contribution in [2.24, 2.45) is 11.8 Å². The number of alkyl halides is 3. The van der Waals surface area contributed by atoms with Crippen LogP contribution in [-0.2, 0) is 30.0 Å². The van der Waals surface area contributed by atoms with Crippen LogP contribution >= 0.6 is 0 Å². The highest BCUT2D eigenvalue weighted by Gasteiger charge is 2.44. The first-order valence-electron chi connectivity index (χ1n) is 13.1. The summed E-state index contributed by atoms with van der Waals surface area (Å²) in [6.07, 6.45) is -0.529. The highest BCUT2D eigenvalue weighted by Crippen LogP contribution is 2.35.